The summed E-state index contributed by atoms with van der Waals surface area (Å²) in [6, 6.07) is 12.7. The number of ether oxygens (including phenoxy) is 2. The summed E-state index contributed by atoms with van der Waals surface area (Å²) in [7, 11) is 1.63. The molecule has 0 saturated heterocycles. The van der Waals surface area contributed by atoms with Gasteiger partial charge >= 0.3 is 0 Å². The van der Waals surface area contributed by atoms with Crippen LogP contribution in [0.2, 0.25) is 5.02 Å². The van der Waals surface area contributed by atoms with Gasteiger partial charge in [0.2, 0.25) is 0 Å². The quantitative estimate of drug-likeness (QED) is 0.777. The van der Waals surface area contributed by atoms with Crippen LogP contribution in [-0.2, 0) is 6.61 Å². The molecule has 0 unspecified atom stereocenters. The number of carbonyl (C=O) groups is 1. The molecular weight excluding hydrogens is 276 g/mol. The molecular formula is C16H15ClO3. The van der Waals surface area contributed by atoms with Crippen LogP contribution in [0.25, 0.3) is 0 Å². The predicted molar refractivity (Wildman–Crippen MR) is 78.8 cm³/mol. The first kappa shape index (κ1) is 14.4. The molecule has 2 aromatic rings. The zero-order valence-corrected chi connectivity index (χ0v) is 12.1. The minimum Gasteiger partial charge on any atom is -0.497 e. The molecule has 20 heavy (non-hydrogen) atoms. The van der Waals surface area contributed by atoms with Gasteiger partial charge < -0.3 is 9.47 Å². The van der Waals surface area contributed by atoms with E-state index in [1.807, 2.05) is 24.3 Å². The lowest BCUT2D eigenvalue weighted by atomic mass is 10.1. The molecule has 0 radical (unpaired) electrons. The molecule has 0 spiro atoms. The van der Waals surface area contributed by atoms with Gasteiger partial charge in [0, 0.05) is 5.56 Å². The van der Waals surface area contributed by atoms with Crippen molar-refractivity contribution < 1.29 is 14.3 Å². The lowest BCUT2D eigenvalue weighted by molar-refractivity contribution is 0.101. The maximum Gasteiger partial charge on any atom is 0.161 e. The van der Waals surface area contributed by atoms with Crippen LogP contribution in [-0.4, -0.2) is 12.9 Å². The molecule has 0 atom stereocenters. The topological polar surface area (TPSA) is 35.5 Å². The van der Waals surface area contributed by atoms with Crippen molar-refractivity contribution in [2.45, 2.75) is 13.5 Å². The molecule has 2 aromatic carbocycles. The Morgan fingerprint density at radius 2 is 1.75 bits per heavy atom. The zero-order valence-electron chi connectivity index (χ0n) is 11.4. The molecule has 0 N–H and O–H groups in total. The van der Waals surface area contributed by atoms with E-state index >= 15 is 0 Å². The van der Waals surface area contributed by atoms with Crippen LogP contribution in [0, 0.1) is 0 Å². The Morgan fingerprint density at radius 3 is 2.30 bits per heavy atom. The van der Waals surface area contributed by atoms with Crippen LogP contribution in [0.3, 0.4) is 0 Å². The van der Waals surface area contributed by atoms with Crippen LogP contribution >= 0.6 is 11.6 Å². The highest BCUT2D eigenvalue weighted by atomic mass is 35.5. The Hall–Kier alpha value is -2.00. The van der Waals surface area contributed by atoms with E-state index in [4.69, 9.17) is 21.1 Å². The van der Waals surface area contributed by atoms with Crippen molar-refractivity contribution in [2.75, 3.05) is 7.11 Å². The van der Waals surface area contributed by atoms with Crippen molar-refractivity contribution in [1.29, 1.82) is 0 Å². The fraction of sp³-hybridized carbons (Fsp3) is 0.188. The van der Waals surface area contributed by atoms with E-state index in [0.717, 1.165) is 11.3 Å². The van der Waals surface area contributed by atoms with E-state index in [9.17, 15) is 4.79 Å². The summed E-state index contributed by atoms with van der Waals surface area (Å²) in [6.45, 7) is 1.92. The third kappa shape index (κ3) is 3.52. The van der Waals surface area contributed by atoms with Crippen LogP contribution in [0.1, 0.15) is 22.8 Å². The summed E-state index contributed by atoms with van der Waals surface area (Å²) < 4.78 is 10.7. The van der Waals surface area contributed by atoms with Crippen molar-refractivity contribution in [1.82, 2.24) is 0 Å². The van der Waals surface area contributed by atoms with Gasteiger partial charge in [0.15, 0.2) is 5.78 Å². The number of methoxy groups -OCH3 is 1. The summed E-state index contributed by atoms with van der Waals surface area (Å²) in [6.07, 6.45) is 0. The minimum atomic E-state index is -0.0586. The Kier molecular flexibility index (Phi) is 4.64. The molecule has 104 valence electrons. The van der Waals surface area contributed by atoms with Gasteiger partial charge in [0.05, 0.1) is 12.1 Å². The maximum atomic E-state index is 11.3. The van der Waals surface area contributed by atoms with Crippen molar-refractivity contribution in [2.24, 2.45) is 0 Å². The summed E-state index contributed by atoms with van der Waals surface area (Å²) in [5.41, 5.74) is 1.53. The van der Waals surface area contributed by atoms with E-state index in [2.05, 4.69) is 0 Å². The highest BCUT2D eigenvalue weighted by molar-refractivity contribution is 6.34. The highest BCUT2D eigenvalue weighted by Gasteiger charge is 2.07. The Morgan fingerprint density at radius 1 is 1.10 bits per heavy atom. The first-order valence-corrected chi connectivity index (χ1v) is 6.54. The lowest BCUT2D eigenvalue weighted by Crippen LogP contribution is -1.98. The zero-order chi connectivity index (χ0) is 14.5. The van der Waals surface area contributed by atoms with E-state index in [0.29, 0.717) is 22.9 Å². The van der Waals surface area contributed by atoms with Gasteiger partial charge in [0.25, 0.3) is 0 Å². The normalized spacial score (nSPS) is 10.2. The van der Waals surface area contributed by atoms with E-state index in [1.54, 1.807) is 25.3 Å². The van der Waals surface area contributed by atoms with Gasteiger partial charge in [-0.1, -0.05) is 23.7 Å². The molecule has 2 rings (SSSR count). The standard InChI is InChI=1S/C16H15ClO3/c1-11(18)15-8-7-14(9-16(15)17)20-10-12-3-5-13(19-2)6-4-12/h3-9H,10H2,1-2H3. The van der Waals surface area contributed by atoms with Gasteiger partial charge in [-0.05, 0) is 42.8 Å². The van der Waals surface area contributed by atoms with Gasteiger partial charge in [-0.2, -0.15) is 0 Å². The van der Waals surface area contributed by atoms with Crippen molar-refractivity contribution in [3.05, 3.63) is 58.6 Å². The number of ketones is 1. The molecule has 0 aromatic heterocycles. The summed E-state index contributed by atoms with van der Waals surface area (Å²) in [5.74, 6) is 1.38. The number of carbonyl (C=O) groups excluding carboxylic acids is 1. The average molecular weight is 291 g/mol. The second-order valence-electron chi connectivity index (χ2n) is 4.33. The Labute approximate surface area is 123 Å². The third-order valence-corrected chi connectivity index (χ3v) is 3.20. The molecule has 0 amide bonds. The fourth-order valence-electron chi connectivity index (χ4n) is 1.76. The third-order valence-electron chi connectivity index (χ3n) is 2.88. The number of hydrogen-bond acceptors (Lipinski definition) is 3. The van der Waals surface area contributed by atoms with Crippen LogP contribution < -0.4 is 9.47 Å². The summed E-state index contributed by atoms with van der Waals surface area (Å²) >= 11 is 6.03. The number of Topliss-reactive ketones (excluding diaryl/α,β-unsaturated/α-hetero) is 1. The molecule has 0 aliphatic carbocycles. The van der Waals surface area contributed by atoms with Crippen LogP contribution in [0.4, 0.5) is 0 Å². The second kappa shape index (κ2) is 6.44. The van der Waals surface area contributed by atoms with Crippen LogP contribution in [0.5, 0.6) is 11.5 Å². The molecule has 3 nitrogen and oxygen atoms in total. The van der Waals surface area contributed by atoms with Crippen molar-refractivity contribution in [3.63, 3.8) is 0 Å². The molecule has 4 heteroatoms. The Balaban J connectivity index is 2.03. The van der Waals surface area contributed by atoms with Gasteiger partial charge in [0.1, 0.15) is 18.1 Å². The monoisotopic (exact) mass is 290 g/mol. The molecule has 0 aliphatic heterocycles. The largest absolute Gasteiger partial charge is 0.497 e. The van der Waals surface area contributed by atoms with Gasteiger partial charge in [-0.25, -0.2) is 0 Å². The Bertz CT molecular complexity index is 606. The number of rotatable bonds is 5. The molecule has 0 heterocycles. The first-order chi connectivity index (χ1) is 9.60. The second-order valence-corrected chi connectivity index (χ2v) is 4.74. The van der Waals surface area contributed by atoms with Crippen molar-refractivity contribution >= 4 is 17.4 Å². The predicted octanol–water partition coefficient (Wildman–Crippen LogP) is 4.13. The molecule has 0 fully saturated rings. The van der Waals surface area contributed by atoms with Gasteiger partial charge in [-0.15, -0.1) is 0 Å². The van der Waals surface area contributed by atoms with Gasteiger partial charge in [-0.3, -0.25) is 4.79 Å². The summed E-state index contributed by atoms with van der Waals surface area (Å²) in [4.78, 5) is 11.3. The van der Waals surface area contributed by atoms with E-state index in [1.165, 1.54) is 6.92 Å². The van der Waals surface area contributed by atoms with Crippen LogP contribution in [0.15, 0.2) is 42.5 Å². The molecule has 0 bridgehead atoms. The highest BCUT2D eigenvalue weighted by Crippen LogP contribution is 2.24. The van der Waals surface area contributed by atoms with E-state index < -0.39 is 0 Å². The smallest absolute Gasteiger partial charge is 0.161 e. The summed E-state index contributed by atoms with van der Waals surface area (Å²) in [5, 5.41) is 0.407. The lowest BCUT2D eigenvalue weighted by Gasteiger charge is -2.08. The molecule has 0 saturated carbocycles. The molecule has 0 aliphatic rings. The van der Waals surface area contributed by atoms with Crippen molar-refractivity contribution in [3.8, 4) is 11.5 Å². The maximum absolute atomic E-state index is 11.3. The number of hydrogen-bond donors (Lipinski definition) is 0. The first-order valence-electron chi connectivity index (χ1n) is 6.16. The minimum absolute atomic E-state index is 0.0586. The average Bonchev–Trinajstić information content (AvgIpc) is 2.45. The fourth-order valence-corrected chi connectivity index (χ4v) is 2.06. The SMILES string of the molecule is COc1ccc(COc2ccc(C(C)=O)c(Cl)c2)cc1. The number of halogens is 1. The number of benzene rings is 2. The van der Waals surface area contributed by atoms with E-state index in [-0.39, 0.29) is 5.78 Å².